The van der Waals surface area contributed by atoms with Gasteiger partial charge in [0.1, 0.15) is 11.3 Å². The Morgan fingerprint density at radius 1 is 1.39 bits per heavy atom. The molecule has 0 amide bonds. The topological polar surface area (TPSA) is 68.7 Å². The molecule has 0 spiro atoms. The van der Waals surface area contributed by atoms with Crippen LogP contribution in [0, 0.1) is 0 Å². The zero-order chi connectivity index (χ0) is 13.1. The zero-order valence-electron chi connectivity index (χ0n) is 10.1. The monoisotopic (exact) mass is 247 g/mol. The summed E-state index contributed by atoms with van der Waals surface area (Å²) in [6.45, 7) is 2.44. The first kappa shape index (κ1) is 12.2. The Labute approximate surface area is 104 Å². The molecule has 5 heteroatoms. The molecule has 0 unspecified atom stereocenters. The molecule has 0 saturated heterocycles. The Morgan fingerprint density at radius 2 is 2.17 bits per heavy atom. The van der Waals surface area contributed by atoms with Crippen LogP contribution in [-0.2, 0) is 0 Å². The van der Waals surface area contributed by atoms with E-state index in [4.69, 9.17) is 14.6 Å². The molecule has 1 N–H and O–H groups in total. The van der Waals surface area contributed by atoms with Crippen molar-refractivity contribution in [1.29, 1.82) is 0 Å². The second-order valence-corrected chi connectivity index (χ2v) is 3.64. The number of aromatic carboxylic acids is 1. The summed E-state index contributed by atoms with van der Waals surface area (Å²) in [6.07, 6.45) is 0. The van der Waals surface area contributed by atoms with Crippen LogP contribution < -0.4 is 9.47 Å². The molecule has 5 nitrogen and oxygen atoms in total. The van der Waals surface area contributed by atoms with Gasteiger partial charge in [-0.25, -0.2) is 9.78 Å². The molecule has 2 aromatic rings. The molecular formula is C13H13NO4. The molecule has 94 valence electrons. The number of nitrogens with zero attached hydrogens (tertiary/aromatic N) is 1. The molecule has 1 aromatic heterocycles. The molecule has 0 radical (unpaired) electrons. The summed E-state index contributed by atoms with van der Waals surface area (Å²) < 4.78 is 10.3. The Hall–Kier alpha value is -2.30. The van der Waals surface area contributed by atoms with Crippen molar-refractivity contribution < 1.29 is 19.4 Å². The number of aromatic nitrogens is 1. The second kappa shape index (κ2) is 4.91. The molecule has 0 atom stereocenters. The van der Waals surface area contributed by atoms with Crippen molar-refractivity contribution in [2.45, 2.75) is 6.92 Å². The molecule has 0 fully saturated rings. The summed E-state index contributed by atoms with van der Waals surface area (Å²) in [5, 5.41) is 9.79. The lowest BCUT2D eigenvalue weighted by Crippen LogP contribution is -2.02. The number of methoxy groups -OCH3 is 1. The van der Waals surface area contributed by atoms with E-state index in [0.29, 0.717) is 23.3 Å². The number of benzene rings is 1. The van der Waals surface area contributed by atoms with Crippen LogP contribution in [-0.4, -0.2) is 29.8 Å². The summed E-state index contributed by atoms with van der Waals surface area (Å²) in [7, 11) is 1.40. The fraction of sp³-hybridized carbons (Fsp3) is 0.231. The Morgan fingerprint density at radius 3 is 2.78 bits per heavy atom. The van der Waals surface area contributed by atoms with Gasteiger partial charge in [0.25, 0.3) is 0 Å². The van der Waals surface area contributed by atoms with Gasteiger partial charge in [0.15, 0.2) is 0 Å². The van der Waals surface area contributed by atoms with Crippen molar-refractivity contribution in [1.82, 2.24) is 4.98 Å². The van der Waals surface area contributed by atoms with Gasteiger partial charge >= 0.3 is 5.97 Å². The third-order valence-corrected chi connectivity index (χ3v) is 2.49. The average molecular weight is 247 g/mol. The molecule has 1 heterocycles. The van der Waals surface area contributed by atoms with Crippen LogP contribution in [0.3, 0.4) is 0 Å². The van der Waals surface area contributed by atoms with Crippen molar-refractivity contribution in [2.24, 2.45) is 0 Å². The van der Waals surface area contributed by atoms with E-state index in [-0.39, 0.29) is 11.4 Å². The third kappa shape index (κ3) is 2.20. The van der Waals surface area contributed by atoms with E-state index in [1.165, 1.54) is 13.2 Å². The summed E-state index contributed by atoms with van der Waals surface area (Å²) in [6, 6.07) is 6.86. The van der Waals surface area contributed by atoms with E-state index in [0.717, 1.165) is 0 Å². The van der Waals surface area contributed by atoms with E-state index in [9.17, 15) is 4.79 Å². The lowest BCUT2D eigenvalue weighted by Gasteiger charge is -2.08. The molecule has 0 aliphatic carbocycles. The van der Waals surface area contributed by atoms with Crippen LogP contribution in [0.1, 0.15) is 17.3 Å². The molecule has 18 heavy (non-hydrogen) atoms. The van der Waals surface area contributed by atoms with Crippen molar-refractivity contribution in [3.63, 3.8) is 0 Å². The van der Waals surface area contributed by atoms with Gasteiger partial charge in [0.2, 0.25) is 5.88 Å². The van der Waals surface area contributed by atoms with Gasteiger partial charge in [-0.3, -0.25) is 0 Å². The van der Waals surface area contributed by atoms with Gasteiger partial charge in [-0.1, -0.05) is 0 Å². The first-order valence-electron chi connectivity index (χ1n) is 5.50. The summed E-state index contributed by atoms with van der Waals surface area (Å²) in [5.74, 6) is -0.268. The van der Waals surface area contributed by atoms with Crippen molar-refractivity contribution in [2.75, 3.05) is 13.7 Å². The normalized spacial score (nSPS) is 10.3. The summed E-state index contributed by atoms with van der Waals surface area (Å²) in [4.78, 5) is 15.2. The lowest BCUT2D eigenvalue weighted by molar-refractivity contribution is 0.0692. The highest BCUT2D eigenvalue weighted by atomic mass is 16.5. The first-order valence-corrected chi connectivity index (χ1v) is 5.50. The van der Waals surface area contributed by atoms with Gasteiger partial charge in [0, 0.05) is 5.39 Å². The van der Waals surface area contributed by atoms with Crippen LogP contribution in [0.2, 0.25) is 0 Å². The predicted molar refractivity (Wildman–Crippen MR) is 66.4 cm³/mol. The largest absolute Gasteiger partial charge is 0.494 e. The number of pyridine rings is 1. The number of carboxylic acid groups (broad SMARTS) is 1. The maximum Gasteiger partial charge on any atom is 0.341 e. The predicted octanol–water partition coefficient (Wildman–Crippen LogP) is 2.34. The van der Waals surface area contributed by atoms with Crippen LogP contribution in [0.15, 0.2) is 24.3 Å². The molecule has 2 rings (SSSR count). The first-order chi connectivity index (χ1) is 8.65. The fourth-order valence-electron chi connectivity index (χ4n) is 1.70. The van der Waals surface area contributed by atoms with E-state index in [1.807, 2.05) is 6.92 Å². The minimum absolute atomic E-state index is 0.0404. The van der Waals surface area contributed by atoms with Crippen molar-refractivity contribution in [3.05, 3.63) is 29.8 Å². The zero-order valence-corrected chi connectivity index (χ0v) is 10.1. The van der Waals surface area contributed by atoms with Gasteiger partial charge in [-0.2, -0.15) is 0 Å². The molecule has 0 aliphatic rings. The number of hydrogen-bond acceptors (Lipinski definition) is 4. The van der Waals surface area contributed by atoms with E-state index in [2.05, 4.69) is 4.98 Å². The highest BCUT2D eigenvalue weighted by Gasteiger charge is 2.14. The highest BCUT2D eigenvalue weighted by molar-refractivity contribution is 5.95. The van der Waals surface area contributed by atoms with Gasteiger partial charge in [-0.05, 0) is 31.2 Å². The van der Waals surface area contributed by atoms with Crippen LogP contribution in [0.25, 0.3) is 10.9 Å². The third-order valence-electron chi connectivity index (χ3n) is 2.49. The van der Waals surface area contributed by atoms with E-state index < -0.39 is 5.97 Å². The number of fused-ring (bicyclic) bond motifs is 1. The molecule has 1 aromatic carbocycles. The number of ether oxygens (including phenoxy) is 2. The standard InChI is InChI=1S/C13H13NO4/c1-3-18-9-4-5-11-8(6-9)7-10(13(15)16)12(14-11)17-2/h4-7H,3H2,1-2H3,(H,15,16). The van der Waals surface area contributed by atoms with Crippen LogP contribution >= 0.6 is 0 Å². The second-order valence-electron chi connectivity index (χ2n) is 3.64. The molecule has 0 saturated carbocycles. The highest BCUT2D eigenvalue weighted by Crippen LogP contribution is 2.25. The van der Waals surface area contributed by atoms with Crippen molar-refractivity contribution in [3.8, 4) is 11.6 Å². The number of rotatable bonds is 4. The minimum atomic E-state index is -1.07. The number of carboxylic acids is 1. The molecule has 0 bridgehead atoms. The van der Waals surface area contributed by atoms with Crippen LogP contribution in [0.5, 0.6) is 11.6 Å². The SMILES string of the molecule is CCOc1ccc2nc(OC)c(C(=O)O)cc2c1. The summed E-state index contributed by atoms with van der Waals surface area (Å²) >= 11 is 0. The van der Waals surface area contributed by atoms with Crippen LogP contribution in [0.4, 0.5) is 0 Å². The Bertz CT molecular complexity index is 595. The quantitative estimate of drug-likeness (QED) is 0.898. The fourth-order valence-corrected chi connectivity index (χ4v) is 1.70. The van der Waals surface area contributed by atoms with Crippen molar-refractivity contribution >= 4 is 16.9 Å². The number of carbonyl (C=O) groups is 1. The van der Waals surface area contributed by atoms with Gasteiger partial charge < -0.3 is 14.6 Å². The lowest BCUT2D eigenvalue weighted by atomic mass is 10.1. The Kier molecular flexibility index (Phi) is 3.32. The smallest absolute Gasteiger partial charge is 0.341 e. The number of hydrogen-bond donors (Lipinski definition) is 1. The maximum atomic E-state index is 11.1. The molecular weight excluding hydrogens is 234 g/mol. The summed E-state index contributed by atoms with van der Waals surface area (Å²) in [5.41, 5.74) is 0.707. The van der Waals surface area contributed by atoms with Gasteiger partial charge in [-0.15, -0.1) is 0 Å². The van der Waals surface area contributed by atoms with Gasteiger partial charge in [0.05, 0.1) is 19.2 Å². The molecule has 0 aliphatic heterocycles. The van der Waals surface area contributed by atoms with E-state index in [1.54, 1.807) is 18.2 Å². The average Bonchev–Trinajstić information content (AvgIpc) is 2.37. The maximum absolute atomic E-state index is 11.1. The minimum Gasteiger partial charge on any atom is -0.494 e. The van der Waals surface area contributed by atoms with E-state index >= 15 is 0 Å². The Balaban J connectivity index is 2.60.